The normalized spacial score (nSPS) is 47.4. The SMILES string of the molecule is C[C@]12CC[C@H]3[C@@H](CCC4=CC(=O)CC[C@H]43)[C@H]1CCC2=O. The van der Waals surface area contributed by atoms with Crippen molar-refractivity contribution in [1.82, 2.24) is 0 Å². The van der Waals surface area contributed by atoms with Gasteiger partial charge in [0, 0.05) is 18.3 Å². The second kappa shape index (κ2) is 4.29. The number of ketones is 2. The molecule has 0 unspecified atom stereocenters. The van der Waals surface area contributed by atoms with Gasteiger partial charge in [0.15, 0.2) is 5.78 Å². The lowest BCUT2D eigenvalue weighted by Gasteiger charge is -2.52. The molecule has 0 aromatic carbocycles. The Morgan fingerprint density at radius 2 is 1.85 bits per heavy atom. The average Bonchev–Trinajstić information content (AvgIpc) is 2.74. The van der Waals surface area contributed by atoms with Crippen LogP contribution in [0.1, 0.15) is 58.3 Å². The van der Waals surface area contributed by atoms with Gasteiger partial charge in [0.25, 0.3) is 0 Å². The van der Waals surface area contributed by atoms with E-state index in [0.717, 1.165) is 50.4 Å². The van der Waals surface area contributed by atoms with Gasteiger partial charge in [0.1, 0.15) is 5.78 Å². The van der Waals surface area contributed by atoms with Crippen molar-refractivity contribution in [2.24, 2.45) is 29.1 Å². The second-order valence-corrected chi connectivity index (χ2v) is 7.72. The van der Waals surface area contributed by atoms with E-state index in [1.165, 1.54) is 18.4 Å². The Bertz CT molecular complexity index is 504. The number of fused-ring (bicyclic) bond motifs is 5. The van der Waals surface area contributed by atoms with Gasteiger partial charge < -0.3 is 0 Å². The summed E-state index contributed by atoms with van der Waals surface area (Å²) in [6.07, 6.45) is 10.3. The minimum atomic E-state index is -0.00707. The molecule has 4 aliphatic carbocycles. The quantitative estimate of drug-likeness (QED) is 0.674. The van der Waals surface area contributed by atoms with Crippen LogP contribution in [0.15, 0.2) is 11.6 Å². The van der Waals surface area contributed by atoms with Crippen LogP contribution in [0.3, 0.4) is 0 Å². The van der Waals surface area contributed by atoms with Gasteiger partial charge in [-0.1, -0.05) is 12.5 Å². The highest BCUT2D eigenvalue weighted by atomic mass is 16.1. The summed E-state index contributed by atoms with van der Waals surface area (Å²) >= 11 is 0. The number of carbonyl (C=O) groups excluding carboxylic acids is 2. The van der Waals surface area contributed by atoms with Crippen LogP contribution in [0, 0.1) is 29.1 Å². The molecule has 0 saturated heterocycles. The average molecular weight is 272 g/mol. The van der Waals surface area contributed by atoms with Gasteiger partial charge in [-0.15, -0.1) is 0 Å². The summed E-state index contributed by atoms with van der Waals surface area (Å²) in [5.41, 5.74) is 1.43. The molecule has 0 bridgehead atoms. The number of rotatable bonds is 0. The van der Waals surface area contributed by atoms with Crippen LogP contribution in [0.5, 0.6) is 0 Å². The van der Waals surface area contributed by atoms with Crippen LogP contribution in [0.2, 0.25) is 0 Å². The van der Waals surface area contributed by atoms with Crippen molar-refractivity contribution in [3.05, 3.63) is 11.6 Å². The molecule has 2 heteroatoms. The molecule has 3 fully saturated rings. The van der Waals surface area contributed by atoms with Crippen LogP contribution in [0.25, 0.3) is 0 Å². The van der Waals surface area contributed by atoms with Crippen molar-refractivity contribution in [2.75, 3.05) is 0 Å². The van der Waals surface area contributed by atoms with E-state index in [1.54, 1.807) is 0 Å². The molecular weight excluding hydrogens is 248 g/mol. The predicted octanol–water partition coefficient (Wildman–Crippen LogP) is 3.70. The van der Waals surface area contributed by atoms with Crippen molar-refractivity contribution in [1.29, 1.82) is 0 Å². The monoisotopic (exact) mass is 272 g/mol. The maximum Gasteiger partial charge on any atom is 0.155 e. The molecule has 0 radical (unpaired) electrons. The zero-order valence-electron chi connectivity index (χ0n) is 12.4. The summed E-state index contributed by atoms with van der Waals surface area (Å²) in [5, 5.41) is 0. The fraction of sp³-hybridized carbons (Fsp3) is 0.778. The highest BCUT2D eigenvalue weighted by Crippen LogP contribution is 2.60. The first-order chi connectivity index (χ1) is 9.59. The maximum atomic E-state index is 12.3. The van der Waals surface area contributed by atoms with Gasteiger partial charge in [0.05, 0.1) is 0 Å². The van der Waals surface area contributed by atoms with Crippen LogP contribution in [-0.2, 0) is 9.59 Å². The molecule has 0 aromatic rings. The molecular formula is C18H24O2. The lowest BCUT2D eigenvalue weighted by atomic mass is 9.52. The molecule has 0 amide bonds. The van der Waals surface area contributed by atoms with E-state index in [9.17, 15) is 9.59 Å². The molecule has 3 saturated carbocycles. The van der Waals surface area contributed by atoms with Gasteiger partial charge >= 0.3 is 0 Å². The largest absolute Gasteiger partial charge is 0.299 e. The van der Waals surface area contributed by atoms with Crippen molar-refractivity contribution < 1.29 is 9.59 Å². The molecule has 0 heterocycles. The Labute approximate surface area is 121 Å². The summed E-state index contributed by atoms with van der Waals surface area (Å²) in [6.45, 7) is 2.24. The zero-order valence-corrected chi connectivity index (χ0v) is 12.4. The second-order valence-electron chi connectivity index (χ2n) is 7.72. The summed E-state index contributed by atoms with van der Waals surface area (Å²) in [4.78, 5) is 23.9. The molecule has 0 spiro atoms. The molecule has 20 heavy (non-hydrogen) atoms. The standard InChI is InChI=1S/C18H24O2/c1-18-9-8-14-13-5-3-12(19)10-11(13)2-4-15(14)16(18)6-7-17(18)20/h10,13-16H,2-9H2,1H3/t13-,14-,15-,16-,18+/m1/s1. The van der Waals surface area contributed by atoms with Gasteiger partial charge in [-0.05, 0) is 68.3 Å². The Balaban J connectivity index is 1.65. The zero-order chi connectivity index (χ0) is 13.9. The number of hydrogen-bond donors (Lipinski definition) is 0. The molecule has 4 aliphatic rings. The first-order valence-electron chi connectivity index (χ1n) is 8.36. The van der Waals surface area contributed by atoms with E-state index >= 15 is 0 Å². The fourth-order valence-electron chi connectivity index (χ4n) is 5.95. The third-order valence-corrected chi connectivity index (χ3v) is 7.01. The molecule has 2 nitrogen and oxygen atoms in total. The first-order valence-corrected chi connectivity index (χ1v) is 8.36. The summed E-state index contributed by atoms with van der Waals surface area (Å²) in [6, 6.07) is 0. The van der Waals surface area contributed by atoms with Crippen molar-refractivity contribution in [3.63, 3.8) is 0 Å². The highest BCUT2D eigenvalue weighted by molar-refractivity contribution is 5.91. The molecule has 5 atom stereocenters. The summed E-state index contributed by atoms with van der Waals surface area (Å²) in [5.74, 6) is 3.66. The van der Waals surface area contributed by atoms with E-state index in [4.69, 9.17) is 0 Å². The minimum Gasteiger partial charge on any atom is -0.299 e. The summed E-state index contributed by atoms with van der Waals surface area (Å²) < 4.78 is 0. The number of carbonyl (C=O) groups is 2. The molecule has 0 aliphatic heterocycles. The van der Waals surface area contributed by atoms with Gasteiger partial charge in [-0.3, -0.25) is 9.59 Å². The van der Waals surface area contributed by atoms with E-state index in [-0.39, 0.29) is 5.41 Å². The third-order valence-electron chi connectivity index (χ3n) is 7.01. The van der Waals surface area contributed by atoms with E-state index in [0.29, 0.717) is 23.4 Å². The predicted molar refractivity (Wildman–Crippen MR) is 77.1 cm³/mol. The molecule has 0 aromatic heterocycles. The lowest BCUT2D eigenvalue weighted by Crippen LogP contribution is -2.46. The van der Waals surface area contributed by atoms with Crippen LogP contribution in [0.4, 0.5) is 0 Å². The van der Waals surface area contributed by atoms with E-state index in [2.05, 4.69) is 6.92 Å². The Hall–Kier alpha value is -0.920. The molecule has 108 valence electrons. The van der Waals surface area contributed by atoms with Crippen molar-refractivity contribution in [3.8, 4) is 0 Å². The van der Waals surface area contributed by atoms with Crippen LogP contribution < -0.4 is 0 Å². The molecule has 0 N–H and O–H groups in total. The maximum absolute atomic E-state index is 12.3. The molecule has 4 rings (SSSR count). The number of allylic oxidation sites excluding steroid dienone is 1. The topological polar surface area (TPSA) is 34.1 Å². The first kappa shape index (κ1) is 12.8. The van der Waals surface area contributed by atoms with E-state index < -0.39 is 0 Å². The highest BCUT2D eigenvalue weighted by Gasteiger charge is 2.55. The van der Waals surface area contributed by atoms with Crippen LogP contribution >= 0.6 is 0 Å². The summed E-state index contributed by atoms with van der Waals surface area (Å²) in [7, 11) is 0. The minimum absolute atomic E-state index is 0.00707. The fourth-order valence-corrected chi connectivity index (χ4v) is 5.95. The van der Waals surface area contributed by atoms with Gasteiger partial charge in [-0.25, -0.2) is 0 Å². The Morgan fingerprint density at radius 1 is 1.00 bits per heavy atom. The van der Waals surface area contributed by atoms with Crippen molar-refractivity contribution in [2.45, 2.75) is 58.3 Å². The lowest BCUT2D eigenvalue weighted by molar-refractivity contribution is -0.131. The Kier molecular flexibility index (Phi) is 2.74. The third kappa shape index (κ3) is 1.63. The Morgan fingerprint density at radius 3 is 2.70 bits per heavy atom. The van der Waals surface area contributed by atoms with Gasteiger partial charge in [0.2, 0.25) is 0 Å². The smallest absolute Gasteiger partial charge is 0.155 e. The van der Waals surface area contributed by atoms with E-state index in [1.807, 2.05) is 6.08 Å². The van der Waals surface area contributed by atoms with Gasteiger partial charge in [-0.2, -0.15) is 0 Å². The van der Waals surface area contributed by atoms with Crippen LogP contribution in [-0.4, -0.2) is 11.6 Å². The number of hydrogen-bond acceptors (Lipinski definition) is 2. The number of Topliss-reactive ketones (excluding diaryl/α,β-unsaturated/α-hetero) is 1. The van der Waals surface area contributed by atoms with Crippen molar-refractivity contribution >= 4 is 11.6 Å².